The molecule has 2 amide bonds. The highest BCUT2D eigenvalue weighted by Gasteiger charge is 2.27. The van der Waals surface area contributed by atoms with E-state index in [0.29, 0.717) is 18.8 Å². The number of alkyl carbamates (subject to hydrolysis) is 1. The minimum atomic E-state index is -0.579. The van der Waals surface area contributed by atoms with E-state index in [0.717, 1.165) is 19.0 Å². The highest BCUT2D eigenvalue weighted by atomic mass is 16.6. The fourth-order valence-corrected chi connectivity index (χ4v) is 2.63. The van der Waals surface area contributed by atoms with Crippen LogP contribution in [0.3, 0.4) is 0 Å². The van der Waals surface area contributed by atoms with Gasteiger partial charge in [0.25, 0.3) is 11.6 Å². The summed E-state index contributed by atoms with van der Waals surface area (Å²) in [5.74, 6) is -0.320. The monoisotopic (exact) mass is 336 g/mol. The molecule has 1 aliphatic heterocycles. The number of carbonyl (C=O) groups excluding carboxylic acids is 2. The van der Waals surface area contributed by atoms with Crippen molar-refractivity contribution in [2.24, 2.45) is 0 Å². The number of nitrogens with zero attached hydrogens (tertiary/aromatic N) is 3. The summed E-state index contributed by atoms with van der Waals surface area (Å²) in [5, 5.41) is 13.6. The molecule has 2 heterocycles. The second-order valence-corrected chi connectivity index (χ2v) is 5.54. The van der Waals surface area contributed by atoms with Crippen LogP contribution in [0.15, 0.2) is 12.3 Å². The van der Waals surface area contributed by atoms with Crippen molar-refractivity contribution in [1.82, 2.24) is 15.2 Å². The molecule has 0 unspecified atom stereocenters. The van der Waals surface area contributed by atoms with Crippen molar-refractivity contribution >= 4 is 17.7 Å². The molecule has 2 rings (SSSR count). The molecule has 1 aromatic rings. The van der Waals surface area contributed by atoms with Gasteiger partial charge in [-0.25, -0.2) is 4.79 Å². The van der Waals surface area contributed by atoms with Gasteiger partial charge in [-0.05, 0) is 26.7 Å². The fraction of sp³-hybridized carbons (Fsp3) is 0.533. The third-order valence-electron chi connectivity index (χ3n) is 3.82. The first-order valence-electron chi connectivity index (χ1n) is 7.76. The van der Waals surface area contributed by atoms with Crippen LogP contribution in [0.2, 0.25) is 0 Å². The predicted molar refractivity (Wildman–Crippen MR) is 84.7 cm³/mol. The number of likely N-dealkylation sites (tertiary alicyclic amines) is 1. The number of ether oxygens (including phenoxy) is 1. The molecule has 1 aliphatic rings. The average Bonchev–Trinajstić information content (AvgIpc) is 2.55. The SMILES string of the molecule is CCOC(=O)N[C@@H]1CCCN(C(=O)c2cc([N+](=O)[O-])cnc2C)C1. The lowest BCUT2D eigenvalue weighted by atomic mass is 10.0. The van der Waals surface area contributed by atoms with Crippen LogP contribution < -0.4 is 5.32 Å². The van der Waals surface area contributed by atoms with Crippen LogP contribution in [-0.2, 0) is 4.74 Å². The average molecular weight is 336 g/mol. The Morgan fingerprint density at radius 2 is 2.29 bits per heavy atom. The van der Waals surface area contributed by atoms with E-state index in [1.807, 2.05) is 0 Å². The van der Waals surface area contributed by atoms with Crippen LogP contribution in [0, 0.1) is 17.0 Å². The standard InChI is InChI=1S/C15H20N4O5/c1-3-24-15(21)17-11-5-4-6-18(9-11)14(20)13-7-12(19(22)23)8-16-10(13)2/h7-8,11H,3-6,9H2,1-2H3,(H,17,21)/t11-/m1/s1. The number of piperidine rings is 1. The number of carbonyl (C=O) groups is 2. The van der Waals surface area contributed by atoms with Crippen molar-refractivity contribution in [2.75, 3.05) is 19.7 Å². The molecule has 1 fully saturated rings. The van der Waals surface area contributed by atoms with Gasteiger partial charge < -0.3 is 15.0 Å². The van der Waals surface area contributed by atoms with Crippen molar-refractivity contribution in [3.8, 4) is 0 Å². The van der Waals surface area contributed by atoms with E-state index in [1.165, 1.54) is 6.07 Å². The molecular weight excluding hydrogens is 316 g/mol. The minimum absolute atomic E-state index is 0.200. The van der Waals surface area contributed by atoms with Crippen LogP contribution in [0.4, 0.5) is 10.5 Å². The Morgan fingerprint density at radius 3 is 2.96 bits per heavy atom. The Labute approximate surface area is 139 Å². The molecule has 0 spiro atoms. The zero-order chi connectivity index (χ0) is 17.7. The number of aromatic nitrogens is 1. The normalized spacial score (nSPS) is 17.2. The molecule has 0 radical (unpaired) electrons. The smallest absolute Gasteiger partial charge is 0.407 e. The highest BCUT2D eigenvalue weighted by Crippen LogP contribution is 2.19. The Balaban J connectivity index is 2.10. The fourth-order valence-electron chi connectivity index (χ4n) is 2.63. The first kappa shape index (κ1) is 17.6. The topological polar surface area (TPSA) is 115 Å². The van der Waals surface area contributed by atoms with Crippen LogP contribution in [0.1, 0.15) is 35.8 Å². The minimum Gasteiger partial charge on any atom is -0.450 e. The summed E-state index contributed by atoms with van der Waals surface area (Å²) >= 11 is 0. The Hall–Kier alpha value is -2.71. The quantitative estimate of drug-likeness (QED) is 0.660. The Bertz CT molecular complexity index is 649. The summed E-state index contributed by atoms with van der Waals surface area (Å²) < 4.78 is 4.85. The van der Waals surface area contributed by atoms with Crippen LogP contribution in [-0.4, -0.2) is 52.5 Å². The maximum absolute atomic E-state index is 12.7. The van der Waals surface area contributed by atoms with Crippen LogP contribution >= 0.6 is 0 Å². The van der Waals surface area contributed by atoms with Gasteiger partial charge in [0, 0.05) is 25.2 Å². The number of hydrogen-bond donors (Lipinski definition) is 1. The van der Waals surface area contributed by atoms with Gasteiger partial charge in [0.2, 0.25) is 0 Å². The Morgan fingerprint density at radius 1 is 1.54 bits per heavy atom. The molecule has 0 bridgehead atoms. The predicted octanol–water partition coefficient (Wildman–Crippen LogP) is 1.65. The number of amides is 2. The molecule has 9 heteroatoms. The zero-order valence-corrected chi connectivity index (χ0v) is 13.7. The lowest BCUT2D eigenvalue weighted by Crippen LogP contribution is -2.49. The summed E-state index contributed by atoms with van der Waals surface area (Å²) in [5.41, 5.74) is 0.425. The first-order valence-corrected chi connectivity index (χ1v) is 7.76. The maximum atomic E-state index is 12.7. The highest BCUT2D eigenvalue weighted by molar-refractivity contribution is 5.95. The third-order valence-corrected chi connectivity index (χ3v) is 3.82. The number of pyridine rings is 1. The van der Waals surface area contributed by atoms with Crippen molar-refractivity contribution in [2.45, 2.75) is 32.7 Å². The van der Waals surface area contributed by atoms with Crippen molar-refractivity contribution < 1.29 is 19.2 Å². The largest absolute Gasteiger partial charge is 0.450 e. The van der Waals surface area contributed by atoms with E-state index in [2.05, 4.69) is 10.3 Å². The van der Waals surface area contributed by atoms with Crippen molar-refractivity contribution in [3.05, 3.63) is 33.6 Å². The van der Waals surface area contributed by atoms with Crippen LogP contribution in [0.5, 0.6) is 0 Å². The summed E-state index contributed by atoms with van der Waals surface area (Å²) in [4.78, 5) is 40.0. The van der Waals surface area contributed by atoms with E-state index < -0.39 is 11.0 Å². The van der Waals surface area contributed by atoms with Gasteiger partial charge in [0.05, 0.1) is 22.8 Å². The van der Waals surface area contributed by atoms with E-state index >= 15 is 0 Å². The van der Waals surface area contributed by atoms with Crippen molar-refractivity contribution in [1.29, 1.82) is 0 Å². The van der Waals surface area contributed by atoms with Gasteiger partial charge in [-0.2, -0.15) is 0 Å². The number of rotatable bonds is 4. The van der Waals surface area contributed by atoms with E-state index in [9.17, 15) is 19.7 Å². The molecule has 1 aromatic heterocycles. The zero-order valence-electron chi connectivity index (χ0n) is 13.7. The molecule has 130 valence electrons. The number of hydrogen-bond acceptors (Lipinski definition) is 6. The second kappa shape index (κ2) is 7.71. The molecular formula is C15H20N4O5. The molecule has 1 saturated heterocycles. The van der Waals surface area contributed by atoms with E-state index in [4.69, 9.17) is 4.74 Å². The third kappa shape index (κ3) is 4.18. The second-order valence-electron chi connectivity index (χ2n) is 5.54. The molecule has 0 aliphatic carbocycles. The summed E-state index contributed by atoms with van der Waals surface area (Å²) in [7, 11) is 0. The van der Waals surface area contributed by atoms with Gasteiger partial charge in [-0.3, -0.25) is 19.9 Å². The van der Waals surface area contributed by atoms with Gasteiger partial charge in [0.15, 0.2) is 0 Å². The Kier molecular flexibility index (Phi) is 5.67. The maximum Gasteiger partial charge on any atom is 0.407 e. The van der Waals surface area contributed by atoms with Crippen LogP contribution in [0.25, 0.3) is 0 Å². The van der Waals surface area contributed by atoms with Gasteiger partial charge in [0.1, 0.15) is 6.20 Å². The lowest BCUT2D eigenvalue weighted by molar-refractivity contribution is -0.385. The van der Waals surface area contributed by atoms with Gasteiger partial charge >= 0.3 is 6.09 Å². The molecule has 1 N–H and O–H groups in total. The summed E-state index contributed by atoms with van der Waals surface area (Å²) in [6.45, 7) is 4.49. The van der Waals surface area contributed by atoms with Crippen molar-refractivity contribution in [3.63, 3.8) is 0 Å². The molecule has 1 atom stereocenters. The molecule has 0 aromatic carbocycles. The lowest BCUT2D eigenvalue weighted by Gasteiger charge is -2.33. The van der Waals surface area contributed by atoms with E-state index in [1.54, 1.807) is 18.7 Å². The number of nitrogens with one attached hydrogen (secondary N) is 1. The summed E-state index contributed by atoms with van der Waals surface area (Å²) in [6.07, 6.45) is 2.09. The number of nitro groups is 1. The first-order chi connectivity index (χ1) is 11.4. The molecule has 24 heavy (non-hydrogen) atoms. The van der Waals surface area contributed by atoms with Gasteiger partial charge in [-0.1, -0.05) is 0 Å². The number of aryl methyl sites for hydroxylation is 1. The summed E-state index contributed by atoms with van der Waals surface area (Å²) in [6, 6.07) is 1.04. The van der Waals surface area contributed by atoms with Gasteiger partial charge in [-0.15, -0.1) is 0 Å². The molecule has 0 saturated carbocycles. The molecule has 9 nitrogen and oxygen atoms in total. The van der Waals surface area contributed by atoms with E-state index in [-0.39, 0.29) is 29.8 Å².